The average molecular weight is 276 g/mol. The molecule has 0 bridgehead atoms. The van der Waals surface area contributed by atoms with E-state index in [1.165, 1.54) is 37.7 Å². The van der Waals surface area contributed by atoms with E-state index in [4.69, 9.17) is 0 Å². The lowest BCUT2D eigenvalue weighted by Crippen LogP contribution is -2.13. The van der Waals surface area contributed by atoms with Gasteiger partial charge in [0, 0.05) is 11.7 Å². The molecule has 2 rings (SSSR count). The molecule has 19 heavy (non-hydrogen) atoms. The van der Waals surface area contributed by atoms with Crippen LogP contribution in [0.4, 0.5) is 0 Å². The van der Waals surface area contributed by atoms with Gasteiger partial charge in [-0.15, -0.1) is 0 Å². The summed E-state index contributed by atoms with van der Waals surface area (Å²) in [6, 6.07) is 8.47. The molecule has 0 aliphatic heterocycles. The van der Waals surface area contributed by atoms with Gasteiger partial charge >= 0.3 is 0 Å². The van der Waals surface area contributed by atoms with Crippen molar-refractivity contribution in [1.29, 1.82) is 0 Å². The molecule has 0 aromatic heterocycles. The molecule has 1 nitrogen and oxygen atoms in total. The Kier molecular flexibility index (Phi) is 5.96. The lowest BCUT2D eigenvalue weighted by Gasteiger charge is -2.20. The summed E-state index contributed by atoms with van der Waals surface area (Å²) >= 11 is 1.88. The first-order valence-electron chi connectivity index (χ1n) is 7.49. The number of thioether (sulfide) groups is 1. The summed E-state index contributed by atoms with van der Waals surface area (Å²) in [4.78, 5) is 12.0. The standard InChI is InChI=1S/C17H24OS/c1-2-14-8-10-15(11-9-14)12-16(18)13-19-17-6-4-3-5-7-17/h8-11,17H,2-7,12-13H2,1H3. The fourth-order valence-corrected chi connectivity index (χ4v) is 3.80. The largest absolute Gasteiger partial charge is 0.298 e. The van der Waals surface area contributed by atoms with Gasteiger partial charge < -0.3 is 0 Å². The molecule has 1 aliphatic rings. The van der Waals surface area contributed by atoms with Crippen LogP contribution >= 0.6 is 11.8 Å². The highest BCUT2D eigenvalue weighted by atomic mass is 32.2. The summed E-state index contributed by atoms with van der Waals surface area (Å²) in [5.41, 5.74) is 2.50. The Hall–Kier alpha value is -0.760. The van der Waals surface area contributed by atoms with E-state index in [-0.39, 0.29) is 0 Å². The first-order chi connectivity index (χ1) is 9.28. The van der Waals surface area contributed by atoms with Gasteiger partial charge in [-0.2, -0.15) is 11.8 Å². The minimum atomic E-state index is 0.375. The molecule has 0 saturated heterocycles. The number of benzene rings is 1. The number of aryl methyl sites for hydroxylation is 1. The van der Waals surface area contributed by atoms with E-state index in [1.807, 2.05) is 11.8 Å². The predicted molar refractivity (Wildman–Crippen MR) is 83.9 cm³/mol. The van der Waals surface area contributed by atoms with Gasteiger partial charge in [0.15, 0.2) is 0 Å². The molecular weight excluding hydrogens is 252 g/mol. The molecule has 0 spiro atoms. The first kappa shape index (κ1) is 14.6. The summed E-state index contributed by atoms with van der Waals surface area (Å²) in [7, 11) is 0. The van der Waals surface area contributed by atoms with Crippen LogP contribution < -0.4 is 0 Å². The average Bonchev–Trinajstić information content (AvgIpc) is 2.47. The molecular formula is C17H24OS. The highest BCUT2D eigenvalue weighted by Gasteiger charge is 2.15. The summed E-state index contributed by atoms with van der Waals surface area (Å²) in [5, 5.41) is 0.736. The van der Waals surface area contributed by atoms with Crippen molar-refractivity contribution in [2.45, 2.75) is 57.1 Å². The highest BCUT2D eigenvalue weighted by molar-refractivity contribution is 8.00. The molecule has 0 radical (unpaired) electrons. The molecule has 1 aromatic rings. The second-order valence-electron chi connectivity index (χ2n) is 5.46. The number of ketones is 1. The topological polar surface area (TPSA) is 17.1 Å². The third kappa shape index (κ3) is 5.02. The highest BCUT2D eigenvalue weighted by Crippen LogP contribution is 2.28. The van der Waals surface area contributed by atoms with Crippen molar-refractivity contribution < 1.29 is 4.79 Å². The Morgan fingerprint density at radius 3 is 2.37 bits per heavy atom. The second-order valence-corrected chi connectivity index (χ2v) is 6.75. The van der Waals surface area contributed by atoms with Crippen molar-refractivity contribution in [2.24, 2.45) is 0 Å². The Morgan fingerprint density at radius 2 is 1.74 bits per heavy atom. The van der Waals surface area contributed by atoms with Crippen LogP contribution in [0.3, 0.4) is 0 Å². The van der Waals surface area contributed by atoms with Crippen LogP contribution in [0.1, 0.15) is 50.2 Å². The third-order valence-corrected chi connectivity index (χ3v) is 5.30. The van der Waals surface area contributed by atoms with Gasteiger partial charge in [0.1, 0.15) is 5.78 Å². The minimum Gasteiger partial charge on any atom is -0.298 e. The maximum Gasteiger partial charge on any atom is 0.147 e. The minimum absolute atomic E-state index is 0.375. The zero-order valence-corrected chi connectivity index (χ0v) is 12.7. The molecule has 1 aromatic carbocycles. The van der Waals surface area contributed by atoms with E-state index in [0.29, 0.717) is 18.0 Å². The number of hydrogen-bond acceptors (Lipinski definition) is 2. The van der Waals surface area contributed by atoms with Gasteiger partial charge in [-0.05, 0) is 30.4 Å². The van der Waals surface area contributed by atoms with Crippen molar-refractivity contribution in [3.63, 3.8) is 0 Å². The van der Waals surface area contributed by atoms with Crippen molar-refractivity contribution in [3.8, 4) is 0 Å². The molecule has 1 saturated carbocycles. The van der Waals surface area contributed by atoms with Crippen LogP contribution in [-0.4, -0.2) is 16.8 Å². The van der Waals surface area contributed by atoms with Gasteiger partial charge in [-0.1, -0.05) is 50.5 Å². The van der Waals surface area contributed by atoms with E-state index >= 15 is 0 Å². The Bertz CT molecular complexity index is 390. The van der Waals surface area contributed by atoms with E-state index in [2.05, 4.69) is 31.2 Å². The quantitative estimate of drug-likeness (QED) is 0.764. The van der Waals surface area contributed by atoms with Crippen LogP contribution in [0.5, 0.6) is 0 Å². The summed E-state index contributed by atoms with van der Waals surface area (Å²) in [5.74, 6) is 1.07. The first-order valence-corrected chi connectivity index (χ1v) is 8.54. The molecule has 2 heteroatoms. The summed E-state index contributed by atoms with van der Waals surface area (Å²) in [6.45, 7) is 2.15. The fraction of sp³-hybridized carbons (Fsp3) is 0.588. The van der Waals surface area contributed by atoms with Crippen LogP contribution in [0.15, 0.2) is 24.3 Å². The van der Waals surface area contributed by atoms with E-state index in [9.17, 15) is 4.79 Å². The molecule has 0 amide bonds. The van der Waals surface area contributed by atoms with Crippen LogP contribution in [-0.2, 0) is 17.6 Å². The smallest absolute Gasteiger partial charge is 0.147 e. The molecule has 0 atom stereocenters. The van der Waals surface area contributed by atoms with Crippen LogP contribution in [0, 0.1) is 0 Å². The second kappa shape index (κ2) is 7.74. The van der Waals surface area contributed by atoms with Crippen molar-refractivity contribution in [1.82, 2.24) is 0 Å². The van der Waals surface area contributed by atoms with E-state index in [1.54, 1.807) is 0 Å². The van der Waals surface area contributed by atoms with Crippen LogP contribution in [0.2, 0.25) is 0 Å². The van der Waals surface area contributed by atoms with Crippen molar-refractivity contribution in [2.75, 3.05) is 5.75 Å². The third-order valence-electron chi connectivity index (χ3n) is 3.86. The van der Waals surface area contributed by atoms with E-state index < -0.39 is 0 Å². The SMILES string of the molecule is CCc1ccc(CC(=O)CSC2CCCCC2)cc1. The molecule has 0 unspecified atom stereocenters. The molecule has 1 aliphatic carbocycles. The lowest BCUT2D eigenvalue weighted by atomic mass is 10.0. The van der Waals surface area contributed by atoms with Gasteiger partial charge in [0.25, 0.3) is 0 Å². The predicted octanol–water partition coefficient (Wildman–Crippen LogP) is 4.43. The Morgan fingerprint density at radius 1 is 1.11 bits per heavy atom. The van der Waals surface area contributed by atoms with Crippen LogP contribution in [0.25, 0.3) is 0 Å². The Labute approximate surface area is 121 Å². The maximum atomic E-state index is 12.0. The summed E-state index contributed by atoms with van der Waals surface area (Å²) < 4.78 is 0. The van der Waals surface area contributed by atoms with Crippen molar-refractivity contribution in [3.05, 3.63) is 35.4 Å². The zero-order chi connectivity index (χ0) is 13.5. The number of hydrogen-bond donors (Lipinski definition) is 0. The molecule has 1 fully saturated rings. The molecule has 104 valence electrons. The van der Waals surface area contributed by atoms with Gasteiger partial charge in [0.2, 0.25) is 0 Å². The zero-order valence-electron chi connectivity index (χ0n) is 11.9. The van der Waals surface area contributed by atoms with E-state index in [0.717, 1.165) is 17.2 Å². The lowest BCUT2D eigenvalue weighted by molar-refractivity contribution is -0.116. The van der Waals surface area contributed by atoms with Crippen molar-refractivity contribution >= 4 is 17.5 Å². The molecule has 0 heterocycles. The summed E-state index contributed by atoms with van der Waals surface area (Å²) in [6.07, 6.45) is 8.37. The number of carbonyl (C=O) groups excluding carboxylic acids is 1. The Balaban J connectivity index is 1.73. The van der Waals surface area contributed by atoms with Gasteiger partial charge in [-0.3, -0.25) is 4.79 Å². The van der Waals surface area contributed by atoms with Gasteiger partial charge in [0.05, 0.1) is 5.75 Å². The maximum absolute atomic E-state index is 12.0. The normalized spacial score (nSPS) is 16.5. The number of rotatable bonds is 6. The number of Topliss-reactive ketones (excluding diaryl/α,β-unsaturated/α-hetero) is 1. The monoisotopic (exact) mass is 276 g/mol. The number of carbonyl (C=O) groups is 1. The molecule has 0 N–H and O–H groups in total. The van der Waals surface area contributed by atoms with Gasteiger partial charge in [-0.25, -0.2) is 0 Å². The fourth-order valence-electron chi connectivity index (χ4n) is 2.61.